The second kappa shape index (κ2) is 9.78. The van der Waals surface area contributed by atoms with Gasteiger partial charge in [-0.1, -0.05) is 12.8 Å². The number of unbranched alkanes of at least 4 members (excludes halogenated alkanes) is 3. The van der Waals surface area contributed by atoms with Gasteiger partial charge in [0.25, 0.3) is 0 Å². The summed E-state index contributed by atoms with van der Waals surface area (Å²) in [7, 11) is -1.48. The molecule has 0 unspecified atom stereocenters. The molecule has 116 valence electrons. The lowest BCUT2D eigenvalue weighted by molar-refractivity contribution is 0.574. The molecule has 0 aliphatic rings. The van der Waals surface area contributed by atoms with Crippen LogP contribution in [0.25, 0.3) is 0 Å². The SMILES string of the molecule is CNCc1cc(S(=O)(=O)NCCCCCCSC)cs1. The molecule has 1 rings (SSSR count). The Bertz CT molecular complexity index is 472. The van der Waals surface area contributed by atoms with Gasteiger partial charge in [0.15, 0.2) is 0 Å². The van der Waals surface area contributed by atoms with E-state index in [2.05, 4.69) is 16.3 Å². The van der Waals surface area contributed by atoms with Crippen LogP contribution in [-0.4, -0.2) is 34.0 Å². The summed E-state index contributed by atoms with van der Waals surface area (Å²) in [5, 5.41) is 4.72. The Morgan fingerprint density at radius 3 is 2.70 bits per heavy atom. The monoisotopic (exact) mass is 336 g/mol. The minimum absolute atomic E-state index is 0.384. The van der Waals surface area contributed by atoms with E-state index in [1.807, 2.05) is 18.8 Å². The predicted octanol–water partition coefficient (Wildman–Crippen LogP) is 2.67. The van der Waals surface area contributed by atoms with Crippen molar-refractivity contribution in [2.24, 2.45) is 0 Å². The van der Waals surface area contributed by atoms with Crippen LogP contribution < -0.4 is 10.0 Å². The summed E-state index contributed by atoms with van der Waals surface area (Å²) in [4.78, 5) is 1.42. The first kappa shape index (κ1) is 18.0. The summed E-state index contributed by atoms with van der Waals surface area (Å²) in [5.74, 6) is 1.19. The maximum absolute atomic E-state index is 12.1. The Labute approximate surface area is 130 Å². The quantitative estimate of drug-likeness (QED) is 0.610. The van der Waals surface area contributed by atoms with Crippen LogP contribution in [0.4, 0.5) is 0 Å². The van der Waals surface area contributed by atoms with Gasteiger partial charge in [0, 0.05) is 23.3 Å². The first-order valence-corrected chi connectivity index (χ1v) is 10.6. The van der Waals surface area contributed by atoms with Gasteiger partial charge in [0.1, 0.15) is 0 Å². The second-order valence-electron chi connectivity index (χ2n) is 4.58. The molecule has 20 heavy (non-hydrogen) atoms. The average molecular weight is 337 g/mol. The molecule has 0 spiro atoms. The Morgan fingerprint density at radius 2 is 2.00 bits per heavy atom. The molecule has 1 aromatic heterocycles. The minimum atomic E-state index is -3.33. The Kier molecular flexibility index (Phi) is 8.79. The van der Waals surface area contributed by atoms with Crippen LogP contribution in [0.2, 0.25) is 0 Å². The van der Waals surface area contributed by atoms with Crippen molar-refractivity contribution in [2.45, 2.75) is 37.1 Å². The third-order valence-corrected chi connectivity index (χ3v) is 6.08. The van der Waals surface area contributed by atoms with E-state index in [4.69, 9.17) is 0 Å². The molecule has 2 N–H and O–H groups in total. The van der Waals surface area contributed by atoms with E-state index in [0.29, 0.717) is 18.0 Å². The summed E-state index contributed by atoms with van der Waals surface area (Å²) in [6, 6.07) is 1.74. The Hall–Kier alpha value is -0.0800. The van der Waals surface area contributed by atoms with Crippen molar-refractivity contribution in [2.75, 3.05) is 25.6 Å². The maximum atomic E-state index is 12.1. The second-order valence-corrected chi connectivity index (χ2v) is 8.33. The fraction of sp³-hybridized carbons (Fsp3) is 0.692. The fourth-order valence-corrected chi connectivity index (χ4v) is 4.64. The molecule has 0 atom stereocenters. The molecule has 4 nitrogen and oxygen atoms in total. The highest BCUT2D eigenvalue weighted by molar-refractivity contribution is 7.98. The molecular weight excluding hydrogens is 312 g/mol. The number of hydrogen-bond acceptors (Lipinski definition) is 5. The van der Waals surface area contributed by atoms with Crippen molar-refractivity contribution >= 4 is 33.1 Å². The van der Waals surface area contributed by atoms with E-state index < -0.39 is 10.0 Å². The number of sulfonamides is 1. The lowest BCUT2D eigenvalue weighted by Crippen LogP contribution is -2.24. The van der Waals surface area contributed by atoms with Gasteiger partial charge in [0.2, 0.25) is 10.0 Å². The summed E-state index contributed by atoms with van der Waals surface area (Å²) in [6.45, 7) is 1.23. The van der Waals surface area contributed by atoms with E-state index in [1.54, 1.807) is 11.4 Å². The maximum Gasteiger partial charge on any atom is 0.241 e. The normalized spacial score (nSPS) is 11.9. The molecule has 0 radical (unpaired) electrons. The molecule has 1 heterocycles. The van der Waals surface area contributed by atoms with Crippen LogP contribution in [0.15, 0.2) is 16.3 Å². The van der Waals surface area contributed by atoms with E-state index in [0.717, 1.165) is 17.7 Å². The first-order valence-electron chi connectivity index (χ1n) is 6.81. The summed E-state index contributed by atoms with van der Waals surface area (Å²) >= 11 is 3.33. The highest BCUT2D eigenvalue weighted by Crippen LogP contribution is 2.19. The topological polar surface area (TPSA) is 58.2 Å². The summed E-state index contributed by atoms with van der Waals surface area (Å²) < 4.78 is 26.8. The minimum Gasteiger partial charge on any atom is -0.315 e. The van der Waals surface area contributed by atoms with Gasteiger partial charge in [-0.2, -0.15) is 11.8 Å². The highest BCUT2D eigenvalue weighted by Gasteiger charge is 2.15. The van der Waals surface area contributed by atoms with Crippen LogP contribution >= 0.6 is 23.1 Å². The smallest absolute Gasteiger partial charge is 0.241 e. The molecule has 7 heteroatoms. The van der Waals surface area contributed by atoms with Crippen molar-refractivity contribution in [3.05, 3.63) is 16.3 Å². The first-order chi connectivity index (χ1) is 9.60. The highest BCUT2D eigenvalue weighted by atomic mass is 32.2. The molecule has 0 bridgehead atoms. The molecule has 0 amide bonds. The molecule has 0 saturated heterocycles. The molecule has 0 aliphatic heterocycles. The zero-order chi connectivity index (χ0) is 14.8. The van der Waals surface area contributed by atoms with Crippen molar-refractivity contribution in [1.29, 1.82) is 0 Å². The number of hydrogen-bond donors (Lipinski definition) is 2. The van der Waals surface area contributed by atoms with Gasteiger partial charge in [0.05, 0.1) is 4.90 Å². The Balaban J connectivity index is 2.30. The number of thioether (sulfide) groups is 1. The standard InChI is InChI=1S/C13H24N2O2S3/c1-14-10-12-9-13(11-19-12)20(16,17)15-7-5-3-4-6-8-18-2/h9,11,14-15H,3-8,10H2,1-2H3. The largest absolute Gasteiger partial charge is 0.315 e. The Morgan fingerprint density at radius 1 is 1.25 bits per heavy atom. The van der Waals surface area contributed by atoms with E-state index in [1.165, 1.54) is 29.9 Å². The number of thiophene rings is 1. The van der Waals surface area contributed by atoms with Crippen LogP contribution in [0, 0.1) is 0 Å². The molecule has 0 fully saturated rings. The average Bonchev–Trinajstić information content (AvgIpc) is 2.88. The van der Waals surface area contributed by atoms with Crippen LogP contribution in [0.5, 0.6) is 0 Å². The third kappa shape index (κ3) is 6.58. The van der Waals surface area contributed by atoms with Gasteiger partial charge >= 0.3 is 0 Å². The van der Waals surface area contributed by atoms with Crippen LogP contribution in [-0.2, 0) is 16.6 Å². The molecule has 1 aromatic rings. The molecule has 0 saturated carbocycles. The van der Waals surface area contributed by atoms with Gasteiger partial charge in [-0.25, -0.2) is 13.1 Å². The van der Waals surface area contributed by atoms with Gasteiger partial charge < -0.3 is 5.32 Å². The van der Waals surface area contributed by atoms with Crippen molar-refractivity contribution in [3.8, 4) is 0 Å². The summed E-state index contributed by atoms with van der Waals surface area (Å²) in [5.41, 5.74) is 0. The van der Waals surface area contributed by atoms with Crippen LogP contribution in [0.1, 0.15) is 30.6 Å². The molecular formula is C13H24N2O2S3. The zero-order valence-electron chi connectivity index (χ0n) is 12.1. The molecule has 0 aliphatic carbocycles. The molecule has 0 aromatic carbocycles. The van der Waals surface area contributed by atoms with Crippen molar-refractivity contribution < 1.29 is 8.42 Å². The summed E-state index contributed by atoms with van der Waals surface area (Å²) in [6.07, 6.45) is 6.48. The predicted molar refractivity (Wildman–Crippen MR) is 89.1 cm³/mol. The zero-order valence-corrected chi connectivity index (χ0v) is 14.6. The lowest BCUT2D eigenvalue weighted by atomic mass is 10.2. The van der Waals surface area contributed by atoms with E-state index in [-0.39, 0.29) is 0 Å². The van der Waals surface area contributed by atoms with Gasteiger partial charge in [-0.15, -0.1) is 11.3 Å². The number of nitrogens with one attached hydrogen (secondary N) is 2. The fourth-order valence-electron chi connectivity index (χ4n) is 1.78. The van der Waals surface area contributed by atoms with Gasteiger partial charge in [-0.3, -0.25) is 0 Å². The third-order valence-electron chi connectivity index (χ3n) is 2.86. The van der Waals surface area contributed by atoms with Gasteiger partial charge in [-0.05, 0) is 38.0 Å². The van der Waals surface area contributed by atoms with Crippen molar-refractivity contribution in [3.63, 3.8) is 0 Å². The van der Waals surface area contributed by atoms with Crippen LogP contribution in [0.3, 0.4) is 0 Å². The number of rotatable bonds is 11. The van der Waals surface area contributed by atoms with Crippen molar-refractivity contribution in [1.82, 2.24) is 10.0 Å². The lowest BCUT2D eigenvalue weighted by Gasteiger charge is -2.05. The van der Waals surface area contributed by atoms with E-state index >= 15 is 0 Å². The van der Waals surface area contributed by atoms with E-state index in [9.17, 15) is 8.42 Å².